The lowest BCUT2D eigenvalue weighted by Gasteiger charge is -2.22. The largest absolute Gasteiger partial charge is 0.326 e. The summed E-state index contributed by atoms with van der Waals surface area (Å²) in [6.07, 6.45) is 4.08. The summed E-state index contributed by atoms with van der Waals surface area (Å²) in [5, 5.41) is 2.72. The molecule has 0 aromatic heterocycles. The van der Waals surface area contributed by atoms with E-state index in [1.54, 1.807) is 12.1 Å². The van der Waals surface area contributed by atoms with E-state index in [0.29, 0.717) is 5.69 Å². The summed E-state index contributed by atoms with van der Waals surface area (Å²) in [5.74, 6) is -0.182. The normalized spacial score (nSPS) is 17.6. The minimum absolute atomic E-state index is 0.117. The Morgan fingerprint density at radius 1 is 1.33 bits per heavy atom. The number of nitrogens with two attached hydrogens (primary N) is 1. The van der Waals surface area contributed by atoms with Gasteiger partial charge < -0.3 is 11.1 Å². The number of rotatable bonds is 5. The van der Waals surface area contributed by atoms with E-state index >= 15 is 0 Å². The molecular weight excluding hydrogens is 290 g/mol. The van der Waals surface area contributed by atoms with Crippen LogP contribution in [0, 0.1) is 0 Å². The van der Waals surface area contributed by atoms with E-state index in [0.717, 1.165) is 25.7 Å². The predicted molar refractivity (Wildman–Crippen MR) is 81.3 cm³/mol. The third-order valence-corrected chi connectivity index (χ3v) is 5.22. The van der Waals surface area contributed by atoms with E-state index in [9.17, 15) is 13.2 Å². The Morgan fingerprint density at radius 2 is 2.00 bits per heavy atom. The van der Waals surface area contributed by atoms with Crippen molar-refractivity contribution in [1.82, 2.24) is 4.72 Å². The lowest BCUT2D eigenvalue weighted by Crippen LogP contribution is -2.40. The van der Waals surface area contributed by atoms with E-state index < -0.39 is 15.6 Å². The predicted octanol–water partition coefficient (Wildman–Crippen LogP) is 1.19. The standard InChI is InChI=1S/C14H21N3O3S/c1-16-21(19,20)12-6-4-5-11(9-12)17-13(18)10-14(15)7-2-3-8-14/h4-6,9,16H,2-3,7-8,10,15H2,1H3,(H,17,18). The summed E-state index contributed by atoms with van der Waals surface area (Å²) in [6.45, 7) is 0. The first-order valence-electron chi connectivity index (χ1n) is 6.97. The van der Waals surface area contributed by atoms with Crippen LogP contribution in [0.3, 0.4) is 0 Å². The third-order valence-electron chi connectivity index (χ3n) is 3.81. The van der Waals surface area contributed by atoms with E-state index in [-0.39, 0.29) is 17.2 Å². The summed E-state index contributed by atoms with van der Waals surface area (Å²) in [7, 11) is -2.17. The number of hydrogen-bond donors (Lipinski definition) is 3. The van der Waals surface area contributed by atoms with Gasteiger partial charge in [-0.25, -0.2) is 13.1 Å². The highest BCUT2D eigenvalue weighted by molar-refractivity contribution is 7.89. The van der Waals surface area contributed by atoms with Gasteiger partial charge in [-0.3, -0.25) is 4.79 Å². The second kappa shape index (κ2) is 6.13. The fourth-order valence-electron chi connectivity index (χ4n) is 2.64. The molecule has 0 heterocycles. The Hall–Kier alpha value is -1.44. The number of amides is 1. The Labute approximate surface area is 125 Å². The topological polar surface area (TPSA) is 101 Å². The first kappa shape index (κ1) is 15.9. The van der Waals surface area contributed by atoms with Gasteiger partial charge in [0.05, 0.1) is 4.90 Å². The van der Waals surface area contributed by atoms with Crippen molar-refractivity contribution >= 4 is 21.6 Å². The number of benzene rings is 1. The van der Waals surface area contributed by atoms with E-state index in [1.807, 2.05) is 0 Å². The molecule has 0 unspecified atom stereocenters. The molecule has 0 aliphatic heterocycles. The van der Waals surface area contributed by atoms with Crippen LogP contribution in [0.5, 0.6) is 0 Å². The van der Waals surface area contributed by atoms with Crippen LogP contribution in [-0.2, 0) is 14.8 Å². The van der Waals surface area contributed by atoms with Crippen molar-refractivity contribution in [3.05, 3.63) is 24.3 Å². The van der Waals surface area contributed by atoms with Gasteiger partial charge in [0.15, 0.2) is 0 Å². The second-order valence-corrected chi connectivity index (χ2v) is 7.42. The highest BCUT2D eigenvalue weighted by Crippen LogP contribution is 2.30. The molecule has 1 aromatic rings. The molecule has 0 radical (unpaired) electrons. The molecule has 0 spiro atoms. The van der Waals surface area contributed by atoms with Gasteiger partial charge in [-0.05, 0) is 38.1 Å². The number of sulfonamides is 1. The van der Waals surface area contributed by atoms with Gasteiger partial charge in [0.1, 0.15) is 0 Å². The van der Waals surface area contributed by atoms with Crippen LogP contribution in [0.2, 0.25) is 0 Å². The smallest absolute Gasteiger partial charge is 0.240 e. The Morgan fingerprint density at radius 3 is 2.62 bits per heavy atom. The van der Waals surface area contributed by atoms with E-state index in [2.05, 4.69) is 10.0 Å². The Balaban J connectivity index is 2.06. The number of nitrogens with one attached hydrogen (secondary N) is 2. The maximum Gasteiger partial charge on any atom is 0.240 e. The molecule has 1 aliphatic rings. The fourth-order valence-corrected chi connectivity index (χ4v) is 3.42. The minimum Gasteiger partial charge on any atom is -0.326 e. The molecule has 1 aromatic carbocycles. The summed E-state index contributed by atoms with van der Waals surface area (Å²) < 4.78 is 25.7. The second-order valence-electron chi connectivity index (χ2n) is 5.53. The number of hydrogen-bond acceptors (Lipinski definition) is 4. The minimum atomic E-state index is -3.52. The molecule has 116 valence electrons. The SMILES string of the molecule is CNS(=O)(=O)c1cccc(NC(=O)CC2(N)CCCC2)c1. The maximum absolute atomic E-state index is 12.0. The lowest BCUT2D eigenvalue weighted by atomic mass is 9.94. The van der Waals surface area contributed by atoms with E-state index in [1.165, 1.54) is 19.2 Å². The molecule has 0 atom stereocenters. The average Bonchev–Trinajstić information content (AvgIpc) is 2.85. The van der Waals surface area contributed by atoms with Crippen molar-refractivity contribution in [3.63, 3.8) is 0 Å². The maximum atomic E-state index is 12.0. The van der Waals surface area contributed by atoms with Crippen LogP contribution in [0.1, 0.15) is 32.1 Å². The Bertz CT molecular complexity index is 622. The van der Waals surface area contributed by atoms with Crippen molar-refractivity contribution in [2.75, 3.05) is 12.4 Å². The molecule has 6 nitrogen and oxygen atoms in total. The monoisotopic (exact) mass is 311 g/mol. The zero-order valence-corrected chi connectivity index (χ0v) is 12.9. The summed E-state index contributed by atoms with van der Waals surface area (Å²) in [4.78, 5) is 12.2. The highest BCUT2D eigenvalue weighted by Gasteiger charge is 2.31. The summed E-state index contributed by atoms with van der Waals surface area (Å²) in [6, 6.07) is 6.16. The molecule has 4 N–H and O–H groups in total. The first-order chi connectivity index (χ1) is 9.85. The van der Waals surface area contributed by atoms with E-state index in [4.69, 9.17) is 5.73 Å². The van der Waals surface area contributed by atoms with Gasteiger partial charge in [0, 0.05) is 17.6 Å². The third kappa shape index (κ3) is 4.03. The summed E-state index contributed by atoms with van der Waals surface area (Å²) >= 11 is 0. The van der Waals surface area contributed by atoms with Gasteiger partial charge in [-0.15, -0.1) is 0 Å². The summed E-state index contributed by atoms with van der Waals surface area (Å²) in [5.41, 5.74) is 6.21. The van der Waals surface area contributed by atoms with Gasteiger partial charge in [0.2, 0.25) is 15.9 Å². The van der Waals surface area contributed by atoms with Crippen molar-refractivity contribution in [2.24, 2.45) is 5.73 Å². The fraction of sp³-hybridized carbons (Fsp3) is 0.500. The van der Waals surface area contributed by atoms with Crippen LogP contribution in [0.25, 0.3) is 0 Å². The molecule has 7 heteroatoms. The molecule has 0 bridgehead atoms. The Kier molecular flexibility index (Phi) is 4.65. The highest BCUT2D eigenvalue weighted by atomic mass is 32.2. The number of carbonyl (C=O) groups excluding carboxylic acids is 1. The first-order valence-corrected chi connectivity index (χ1v) is 8.45. The van der Waals surface area contributed by atoms with Crippen molar-refractivity contribution in [2.45, 2.75) is 42.5 Å². The molecule has 1 aliphatic carbocycles. The molecular formula is C14H21N3O3S. The lowest BCUT2D eigenvalue weighted by molar-refractivity contribution is -0.117. The molecule has 21 heavy (non-hydrogen) atoms. The van der Waals surface area contributed by atoms with Crippen LogP contribution < -0.4 is 15.8 Å². The van der Waals surface area contributed by atoms with Gasteiger partial charge in [-0.1, -0.05) is 18.9 Å². The quantitative estimate of drug-likeness (QED) is 0.760. The van der Waals surface area contributed by atoms with Crippen molar-refractivity contribution < 1.29 is 13.2 Å². The molecule has 1 saturated carbocycles. The van der Waals surface area contributed by atoms with Gasteiger partial charge in [-0.2, -0.15) is 0 Å². The number of carbonyl (C=O) groups is 1. The van der Waals surface area contributed by atoms with Crippen molar-refractivity contribution in [1.29, 1.82) is 0 Å². The van der Waals surface area contributed by atoms with Crippen LogP contribution in [0.15, 0.2) is 29.2 Å². The van der Waals surface area contributed by atoms with Crippen LogP contribution in [0.4, 0.5) is 5.69 Å². The van der Waals surface area contributed by atoms with Crippen LogP contribution in [-0.4, -0.2) is 26.9 Å². The number of anilines is 1. The van der Waals surface area contributed by atoms with Gasteiger partial charge >= 0.3 is 0 Å². The molecule has 0 saturated heterocycles. The molecule has 1 fully saturated rings. The zero-order chi connectivity index (χ0) is 15.5. The average molecular weight is 311 g/mol. The van der Waals surface area contributed by atoms with Crippen molar-refractivity contribution in [3.8, 4) is 0 Å². The molecule has 2 rings (SSSR count). The van der Waals surface area contributed by atoms with Crippen LogP contribution >= 0.6 is 0 Å². The zero-order valence-electron chi connectivity index (χ0n) is 12.1. The molecule has 1 amide bonds. The van der Waals surface area contributed by atoms with Gasteiger partial charge in [0.25, 0.3) is 0 Å².